The van der Waals surface area contributed by atoms with Crippen LogP contribution in [0.3, 0.4) is 0 Å². The molecule has 0 radical (unpaired) electrons. The maximum Gasteiger partial charge on any atom is 0.124 e. The highest BCUT2D eigenvalue weighted by Crippen LogP contribution is 2.24. The zero-order chi connectivity index (χ0) is 12.1. The molecule has 0 aliphatic heterocycles. The first-order valence-electron chi connectivity index (χ1n) is 5.38. The third-order valence-corrected chi connectivity index (χ3v) is 3.42. The van der Waals surface area contributed by atoms with Gasteiger partial charge in [0, 0.05) is 22.0 Å². The summed E-state index contributed by atoms with van der Waals surface area (Å²) in [6.45, 7) is 1.36. The molecular weight excluding hydrogens is 254 g/mol. The summed E-state index contributed by atoms with van der Waals surface area (Å²) in [5.41, 5.74) is 1.08. The van der Waals surface area contributed by atoms with Crippen molar-refractivity contribution in [2.75, 3.05) is 7.05 Å². The molecule has 0 amide bonds. The Hall–Kier alpha value is -1.03. The maximum atomic E-state index is 5.97. The van der Waals surface area contributed by atoms with Crippen LogP contribution in [0.4, 0.5) is 0 Å². The molecule has 1 aromatic heterocycles. The normalized spacial score (nSPS) is 10.5. The summed E-state index contributed by atoms with van der Waals surface area (Å²) < 4.78 is 5.80. The SMILES string of the molecule is CNCc1cc(Cl)ccc1OCc1cccs1. The van der Waals surface area contributed by atoms with Crippen LogP contribution in [-0.2, 0) is 13.2 Å². The molecule has 0 fully saturated rings. The Kier molecular flexibility index (Phi) is 4.42. The number of ether oxygens (including phenoxy) is 1. The van der Waals surface area contributed by atoms with Crippen LogP contribution >= 0.6 is 22.9 Å². The van der Waals surface area contributed by atoms with Gasteiger partial charge in [-0.05, 0) is 36.7 Å². The van der Waals surface area contributed by atoms with Crippen molar-refractivity contribution in [3.05, 3.63) is 51.2 Å². The van der Waals surface area contributed by atoms with E-state index in [2.05, 4.69) is 16.8 Å². The molecule has 0 aliphatic carbocycles. The number of hydrogen-bond donors (Lipinski definition) is 1. The molecular formula is C13H14ClNOS. The first-order chi connectivity index (χ1) is 8.29. The molecule has 0 saturated heterocycles. The molecule has 2 nitrogen and oxygen atoms in total. The highest BCUT2D eigenvalue weighted by Gasteiger charge is 2.04. The van der Waals surface area contributed by atoms with Crippen molar-refractivity contribution in [1.29, 1.82) is 0 Å². The minimum absolute atomic E-state index is 0.607. The Balaban J connectivity index is 2.08. The number of nitrogens with one attached hydrogen (secondary N) is 1. The van der Waals surface area contributed by atoms with E-state index in [0.717, 1.165) is 22.9 Å². The largest absolute Gasteiger partial charge is 0.488 e. The van der Waals surface area contributed by atoms with Crippen molar-refractivity contribution < 1.29 is 4.74 Å². The second kappa shape index (κ2) is 6.05. The van der Waals surface area contributed by atoms with E-state index in [9.17, 15) is 0 Å². The topological polar surface area (TPSA) is 21.3 Å². The Labute approximate surface area is 110 Å². The average molecular weight is 268 g/mol. The third kappa shape index (κ3) is 3.46. The summed E-state index contributed by atoms with van der Waals surface area (Å²) in [4.78, 5) is 1.22. The number of benzene rings is 1. The van der Waals surface area contributed by atoms with Gasteiger partial charge < -0.3 is 10.1 Å². The molecule has 0 unspecified atom stereocenters. The van der Waals surface area contributed by atoms with Gasteiger partial charge in [0.05, 0.1) is 0 Å². The van der Waals surface area contributed by atoms with E-state index in [4.69, 9.17) is 16.3 Å². The van der Waals surface area contributed by atoms with Gasteiger partial charge in [-0.25, -0.2) is 0 Å². The van der Waals surface area contributed by atoms with E-state index in [-0.39, 0.29) is 0 Å². The van der Waals surface area contributed by atoms with Crippen LogP contribution in [0.2, 0.25) is 5.02 Å². The Bertz CT molecular complexity index is 470. The molecule has 2 rings (SSSR count). The minimum Gasteiger partial charge on any atom is -0.488 e. The van der Waals surface area contributed by atoms with E-state index in [1.54, 1.807) is 11.3 Å². The van der Waals surface area contributed by atoms with Crippen molar-refractivity contribution in [3.8, 4) is 5.75 Å². The van der Waals surface area contributed by atoms with E-state index >= 15 is 0 Å². The van der Waals surface area contributed by atoms with E-state index in [0.29, 0.717) is 6.61 Å². The summed E-state index contributed by atoms with van der Waals surface area (Å²) >= 11 is 7.67. The fourth-order valence-electron chi connectivity index (χ4n) is 1.56. The van der Waals surface area contributed by atoms with Crippen LogP contribution in [0.15, 0.2) is 35.7 Å². The fraction of sp³-hybridized carbons (Fsp3) is 0.231. The molecule has 1 heterocycles. The van der Waals surface area contributed by atoms with Gasteiger partial charge in [-0.2, -0.15) is 0 Å². The van der Waals surface area contributed by atoms with Crippen LogP contribution in [-0.4, -0.2) is 7.05 Å². The summed E-state index contributed by atoms with van der Waals surface area (Å²) in [5.74, 6) is 0.886. The fourth-order valence-corrected chi connectivity index (χ4v) is 2.37. The monoisotopic (exact) mass is 267 g/mol. The van der Waals surface area contributed by atoms with Crippen molar-refractivity contribution >= 4 is 22.9 Å². The quantitative estimate of drug-likeness (QED) is 0.892. The lowest BCUT2D eigenvalue weighted by Crippen LogP contribution is -2.07. The van der Waals surface area contributed by atoms with Gasteiger partial charge in [-0.1, -0.05) is 17.7 Å². The number of hydrogen-bond acceptors (Lipinski definition) is 3. The molecule has 0 atom stereocenters. The van der Waals surface area contributed by atoms with Crippen LogP contribution in [0.5, 0.6) is 5.75 Å². The van der Waals surface area contributed by atoms with Crippen LogP contribution in [0, 0.1) is 0 Å². The predicted molar refractivity (Wildman–Crippen MR) is 72.9 cm³/mol. The molecule has 0 saturated carbocycles. The van der Waals surface area contributed by atoms with E-state index in [1.807, 2.05) is 31.3 Å². The second-order valence-corrected chi connectivity index (χ2v) is 5.12. The molecule has 90 valence electrons. The summed E-state index contributed by atoms with van der Waals surface area (Å²) in [7, 11) is 1.91. The Morgan fingerprint density at radius 2 is 2.24 bits per heavy atom. The van der Waals surface area contributed by atoms with Crippen LogP contribution in [0.25, 0.3) is 0 Å². The minimum atomic E-state index is 0.607. The molecule has 17 heavy (non-hydrogen) atoms. The first-order valence-corrected chi connectivity index (χ1v) is 6.63. The Morgan fingerprint density at radius 3 is 2.94 bits per heavy atom. The molecule has 4 heteroatoms. The van der Waals surface area contributed by atoms with Gasteiger partial charge in [0.1, 0.15) is 12.4 Å². The third-order valence-electron chi connectivity index (χ3n) is 2.34. The van der Waals surface area contributed by atoms with Crippen LogP contribution in [0.1, 0.15) is 10.4 Å². The van der Waals surface area contributed by atoms with Crippen molar-refractivity contribution in [1.82, 2.24) is 5.32 Å². The lowest BCUT2D eigenvalue weighted by atomic mass is 10.2. The van der Waals surface area contributed by atoms with Crippen molar-refractivity contribution in [2.45, 2.75) is 13.2 Å². The van der Waals surface area contributed by atoms with Gasteiger partial charge in [0.15, 0.2) is 0 Å². The zero-order valence-corrected chi connectivity index (χ0v) is 11.1. The number of halogens is 1. The predicted octanol–water partition coefficient (Wildman–Crippen LogP) is 3.70. The standard InChI is InChI=1S/C13H14ClNOS/c1-15-8-10-7-11(14)4-5-13(10)16-9-12-3-2-6-17-12/h2-7,15H,8-9H2,1H3. The number of thiophene rings is 1. The number of rotatable bonds is 5. The van der Waals surface area contributed by atoms with E-state index in [1.165, 1.54) is 4.88 Å². The average Bonchev–Trinajstić information content (AvgIpc) is 2.81. The van der Waals surface area contributed by atoms with Gasteiger partial charge >= 0.3 is 0 Å². The zero-order valence-electron chi connectivity index (χ0n) is 9.57. The van der Waals surface area contributed by atoms with Crippen molar-refractivity contribution in [2.24, 2.45) is 0 Å². The molecule has 2 aromatic rings. The lowest BCUT2D eigenvalue weighted by Gasteiger charge is -2.11. The smallest absolute Gasteiger partial charge is 0.124 e. The van der Waals surface area contributed by atoms with Gasteiger partial charge in [0.25, 0.3) is 0 Å². The lowest BCUT2D eigenvalue weighted by molar-refractivity contribution is 0.306. The van der Waals surface area contributed by atoms with E-state index < -0.39 is 0 Å². The molecule has 1 aromatic carbocycles. The molecule has 1 N–H and O–H groups in total. The van der Waals surface area contributed by atoms with Crippen molar-refractivity contribution in [3.63, 3.8) is 0 Å². The molecule has 0 bridgehead atoms. The summed E-state index contributed by atoms with van der Waals surface area (Å²) in [5, 5.41) is 5.89. The van der Waals surface area contributed by atoms with Crippen LogP contribution < -0.4 is 10.1 Å². The van der Waals surface area contributed by atoms with Gasteiger partial charge in [0.2, 0.25) is 0 Å². The molecule has 0 aliphatic rings. The van der Waals surface area contributed by atoms with Gasteiger partial charge in [-0.3, -0.25) is 0 Å². The molecule has 0 spiro atoms. The second-order valence-electron chi connectivity index (χ2n) is 3.65. The summed E-state index contributed by atoms with van der Waals surface area (Å²) in [6, 6.07) is 9.80. The summed E-state index contributed by atoms with van der Waals surface area (Å²) in [6.07, 6.45) is 0. The highest BCUT2D eigenvalue weighted by molar-refractivity contribution is 7.09. The first kappa shape index (κ1) is 12.4. The van der Waals surface area contributed by atoms with Gasteiger partial charge in [-0.15, -0.1) is 11.3 Å². The highest BCUT2D eigenvalue weighted by atomic mass is 35.5. The maximum absolute atomic E-state index is 5.97. The Morgan fingerprint density at radius 1 is 1.35 bits per heavy atom.